The Labute approximate surface area is 139 Å². The Morgan fingerprint density at radius 1 is 1.35 bits per heavy atom. The van der Waals surface area contributed by atoms with Crippen molar-refractivity contribution in [1.82, 2.24) is 9.88 Å². The van der Waals surface area contributed by atoms with Crippen LogP contribution in [0.1, 0.15) is 29.9 Å². The van der Waals surface area contributed by atoms with Crippen LogP contribution in [-0.2, 0) is 13.7 Å². The van der Waals surface area contributed by atoms with Gasteiger partial charge in [-0.2, -0.15) is 0 Å². The van der Waals surface area contributed by atoms with Gasteiger partial charge in [0.15, 0.2) is 5.75 Å². The minimum Gasteiger partial charge on any atom is -0.483 e. The van der Waals surface area contributed by atoms with Crippen LogP contribution < -0.4 is 15.5 Å². The number of hydrogen-bond acceptors (Lipinski definition) is 3. The van der Waals surface area contributed by atoms with Gasteiger partial charge in [0.25, 0.3) is 5.91 Å². The molecule has 0 saturated carbocycles. The van der Waals surface area contributed by atoms with Crippen LogP contribution in [-0.4, -0.2) is 16.5 Å². The summed E-state index contributed by atoms with van der Waals surface area (Å²) in [5.74, 6) is -0.102. The molecule has 1 aromatic heterocycles. The molecule has 1 heterocycles. The molecule has 1 aromatic carbocycles. The molecule has 0 spiro atoms. The van der Waals surface area contributed by atoms with Crippen molar-refractivity contribution >= 4 is 17.5 Å². The van der Waals surface area contributed by atoms with Gasteiger partial charge in [-0.3, -0.25) is 9.59 Å². The lowest BCUT2D eigenvalue weighted by molar-refractivity contribution is 0.0933. The van der Waals surface area contributed by atoms with E-state index in [0.717, 1.165) is 5.56 Å². The number of aryl methyl sites for hydroxylation is 1. The zero-order valence-corrected chi connectivity index (χ0v) is 14.1. The Morgan fingerprint density at radius 3 is 2.74 bits per heavy atom. The third-order valence-electron chi connectivity index (χ3n) is 3.14. The van der Waals surface area contributed by atoms with E-state index in [4.69, 9.17) is 16.3 Å². The molecular formula is C17H19ClN2O3. The maximum atomic E-state index is 12.1. The largest absolute Gasteiger partial charge is 0.483 e. The Hall–Kier alpha value is -2.27. The average Bonchev–Trinajstić information content (AvgIpc) is 2.47. The molecule has 23 heavy (non-hydrogen) atoms. The number of halogens is 1. The van der Waals surface area contributed by atoms with E-state index >= 15 is 0 Å². The van der Waals surface area contributed by atoms with Crippen LogP contribution in [0.25, 0.3) is 0 Å². The van der Waals surface area contributed by atoms with Crippen LogP contribution in [0, 0.1) is 0 Å². The Morgan fingerprint density at radius 2 is 2.09 bits per heavy atom. The maximum absolute atomic E-state index is 12.1. The molecule has 2 rings (SSSR count). The van der Waals surface area contributed by atoms with Crippen LogP contribution in [0.2, 0.25) is 5.02 Å². The van der Waals surface area contributed by atoms with Gasteiger partial charge in [0.2, 0.25) is 5.43 Å². The lowest BCUT2D eigenvalue weighted by atomic mass is 10.2. The molecule has 1 N–H and O–H groups in total. The molecule has 122 valence electrons. The third kappa shape index (κ3) is 4.60. The molecule has 2 aromatic rings. The van der Waals surface area contributed by atoms with Crippen molar-refractivity contribution in [2.75, 3.05) is 0 Å². The summed E-state index contributed by atoms with van der Waals surface area (Å²) >= 11 is 5.91. The van der Waals surface area contributed by atoms with Crippen molar-refractivity contribution in [3.8, 4) is 5.75 Å². The van der Waals surface area contributed by atoms with Gasteiger partial charge in [-0.1, -0.05) is 23.7 Å². The first kappa shape index (κ1) is 17.1. The average molecular weight is 335 g/mol. The van der Waals surface area contributed by atoms with E-state index in [1.54, 1.807) is 23.7 Å². The molecule has 0 fully saturated rings. The molecule has 0 aliphatic heterocycles. The standard InChI is InChI=1S/C17H19ClN2O3/c1-11(2)19-17(22)14-8-15(21)16(9-20(14)3)23-10-12-5-4-6-13(18)7-12/h4-9,11H,10H2,1-3H3,(H,19,22). The van der Waals surface area contributed by atoms with E-state index in [1.165, 1.54) is 12.3 Å². The van der Waals surface area contributed by atoms with Crippen LogP contribution in [0.4, 0.5) is 0 Å². The summed E-state index contributed by atoms with van der Waals surface area (Å²) in [5, 5.41) is 3.37. The van der Waals surface area contributed by atoms with Crippen molar-refractivity contribution in [2.45, 2.75) is 26.5 Å². The molecule has 0 aliphatic carbocycles. The van der Waals surface area contributed by atoms with Crippen molar-refractivity contribution in [1.29, 1.82) is 0 Å². The second kappa shape index (κ2) is 7.33. The topological polar surface area (TPSA) is 60.3 Å². The van der Waals surface area contributed by atoms with E-state index < -0.39 is 0 Å². The number of pyridine rings is 1. The van der Waals surface area contributed by atoms with Crippen molar-refractivity contribution in [3.05, 3.63) is 63.0 Å². The fourth-order valence-electron chi connectivity index (χ4n) is 2.06. The number of hydrogen-bond donors (Lipinski definition) is 1. The first-order valence-electron chi connectivity index (χ1n) is 7.25. The number of amides is 1. The summed E-state index contributed by atoms with van der Waals surface area (Å²) in [5.41, 5.74) is 0.819. The summed E-state index contributed by atoms with van der Waals surface area (Å²) in [6.45, 7) is 3.95. The Balaban J connectivity index is 2.17. The quantitative estimate of drug-likeness (QED) is 0.914. The van der Waals surface area contributed by atoms with E-state index in [0.29, 0.717) is 10.7 Å². The second-order valence-corrected chi connectivity index (χ2v) is 5.98. The number of aromatic nitrogens is 1. The summed E-state index contributed by atoms with van der Waals surface area (Å²) in [6, 6.07) is 8.50. The van der Waals surface area contributed by atoms with E-state index in [2.05, 4.69) is 5.32 Å². The molecule has 0 atom stereocenters. The van der Waals surface area contributed by atoms with Gasteiger partial charge in [0.05, 0.1) is 6.20 Å². The number of nitrogens with zero attached hydrogens (tertiary/aromatic N) is 1. The Bertz CT molecular complexity index is 769. The number of nitrogens with one attached hydrogen (secondary N) is 1. The zero-order valence-electron chi connectivity index (χ0n) is 13.3. The highest BCUT2D eigenvalue weighted by Gasteiger charge is 2.13. The number of carbonyl (C=O) groups excluding carboxylic acids is 1. The number of ether oxygens (including phenoxy) is 1. The zero-order chi connectivity index (χ0) is 17.0. The van der Waals surface area contributed by atoms with Gasteiger partial charge in [0, 0.05) is 24.2 Å². The fraction of sp³-hybridized carbons (Fsp3) is 0.294. The Kier molecular flexibility index (Phi) is 5.45. The van der Waals surface area contributed by atoms with Crippen molar-refractivity contribution in [2.24, 2.45) is 7.05 Å². The summed E-state index contributed by atoms with van der Waals surface area (Å²) in [7, 11) is 1.70. The van der Waals surface area contributed by atoms with E-state index in [-0.39, 0.29) is 29.7 Å². The highest BCUT2D eigenvalue weighted by molar-refractivity contribution is 6.30. The first-order chi connectivity index (χ1) is 10.9. The van der Waals surface area contributed by atoms with E-state index in [9.17, 15) is 9.59 Å². The van der Waals surface area contributed by atoms with Crippen LogP contribution in [0.5, 0.6) is 5.75 Å². The smallest absolute Gasteiger partial charge is 0.268 e. The monoisotopic (exact) mass is 334 g/mol. The normalized spacial score (nSPS) is 10.7. The predicted octanol–water partition coefficient (Wildman–Crippen LogP) is 2.76. The van der Waals surface area contributed by atoms with Gasteiger partial charge in [-0.05, 0) is 31.5 Å². The fourth-order valence-corrected chi connectivity index (χ4v) is 2.28. The number of benzene rings is 1. The molecule has 0 saturated heterocycles. The van der Waals surface area contributed by atoms with Gasteiger partial charge in [-0.15, -0.1) is 0 Å². The minimum atomic E-state index is -0.334. The summed E-state index contributed by atoms with van der Waals surface area (Å²) < 4.78 is 7.13. The molecule has 0 aliphatic rings. The van der Waals surface area contributed by atoms with Crippen molar-refractivity contribution in [3.63, 3.8) is 0 Å². The van der Waals surface area contributed by atoms with Crippen LogP contribution in [0.3, 0.4) is 0 Å². The van der Waals surface area contributed by atoms with Crippen LogP contribution in [0.15, 0.2) is 41.3 Å². The van der Waals surface area contributed by atoms with Gasteiger partial charge < -0.3 is 14.6 Å². The van der Waals surface area contributed by atoms with Crippen LogP contribution >= 0.6 is 11.6 Å². The molecule has 6 heteroatoms. The molecule has 0 radical (unpaired) electrons. The molecule has 1 amide bonds. The number of rotatable bonds is 5. The van der Waals surface area contributed by atoms with Gasteiger partial charge in [-0.25, -0.2) is 0 Å². The molecular weight excluding hydrogens is 316 g/mol. The third-order valence-corrected chi connectivity index (χ3v) is 3.37. The van der Waals surface area contributed by atoms with Gasteiger partial charge in [0.1, 0.15) is 12.3 Å². The summed E-state index contributed by atoms with van der Waals surface area (Å²) in [4.78, 5) is 24.2. The number of carbonyl (C=O) groups is 1. The molecule has 5 nitrogen and oxygen atoms in total. The van der Waals surface area contributed by atoms with E-state index in [1.807, 2.05) is 26.0 Å². The lowest BCUT2D eigenvalue weighted by Crippen LogP contribution is -2.33. The van der Waals surface area contributed by atoms with Gasteiger partial charge >= 0.3 is 0 Å². The summed E-state index contributed by atoms with van der Waals surface area (Å²) in [6.07, 6.45) is 1.52. The molecule has 0 bridgehead atoms. The SMILES string of the molecule is CC(C)NC(=O)c1cc(=O)c(OCc2cccc(Cl)c2)cn1C. The molecule has 0 unspecified atom stereocenters. The first-order valence-corrected chi connectivity index (χ1v) is 7.63. The highest BCUT2D eigenvalue weighted by Crippen LogP contribution is 2.13. The van der Waals surface area contributed by atoms with Crippen molar-refractivity contribution < 1.29 is 9.53 Å². The highest BCUT2D eigenvalue weighted by atomic mass is 35.5. The maximum Gasteiger partial charge on any atom is 0.268 e. The predicted molar refractivity (Wildman–Crippen MR) is 90.1 cm³/mol. The lowest BCUT2D eigenvalue weighted by Gasteiger charge is -2.13. The second-order valence-electron chi connectivity index (χ2n) is 5.54. The minimum absolute atomic E-state index is 0.00337.